The van der Waals surface area contributed by atoms with Crippen LogP contribution in [0.2, 0.25) is 0 Å². The van der Waals surface area contributed by atoms with Crippen molar-refractivity contribution in [3.05, 3.63) is 0 Å². The first kappa shape index (κ1) is 14.1. The fourth-order valence-electron chi connectivity index (χ4n) is 3.06. The van der Waals surface area contributed by atoms with Crippen molar-refractivity contribution in [2.24, 2.45) is 10.9 Å². The van der Waals surface area contributed by atoms with Gasteiger partial charge in [0.25, 0.3) is 0 Å². The second kappa shape index (κ2) is 6.31. The summed E-state index contributed by atoms with van der Waals surface area (Å²) in [5, 5.41) is 3.60. The Morgan fingerprint density at radius 1 is 1.30 bits per heavy atom. The highest BCUT2D eigenvalue weighted by Gasteiger charge is 2.36. The number of guanidine groups is 1. The van der Waals surface area contributed by atoms with Gasteiger partial charge in [-0.05, 0) is 32.1 Å². The van der Waals surface area contributed by atoms with Crippen molar-refractivity contribution in [1.82, 2.24) is 10.2 Å². The molecule has 5 nitrogen and oxygen atoms in total. The molecule has 5 heteroatoms. The normalized spacial score (nSPS) is 38.1. The number of morpholine rings is 1. The lowest BCUT2D eigenvalue weighted by molar-refractivity contribution is -0.0817. The molecular weight excluding hydrogens is 254 g/mol. The molecule has 4 atom stereocenters. The number of ether oxygens (including phenoxy) is 2. The van der Waals surface area contributed by atoms with E-state index in [4.69, 9.17) is 9.47 Å². The van der Waals surface area contributed by atoms with E-state index in [-0.39, 0.29) is 12.2 Å². The Morgan fingerprint density at radius 2 is 2.10 bits per heavy atom. The third-order valence-corrected chi connectivity index (χ3v) is 4.50. The SMILES string of the molecule is CCN=C(NC1CC1C)N1CCOC(C2CCCO2)C1. The molecule has 20 heavy (non-hydrogen) atoms. The minimum absolute atomic E-state index is 0.201. The van der Waals surface area contributed by atoms with Crippen molar-refractivity contribution in [2.75, 3.05) is 32.8 Å². The van der Waals surface area contributed by atoms with Crippen LogP contribution in [0.4, 0.5) is 0 Å². The highest BCUT2D eigenvalue weighted by molar-refractivity contribution is 5.80. The van der Waals surface area contributed by atoms with Crippen LogP contribution in [-0.2, 0) is 9.47 Å². The van der Waals surface area contributed by atoms with E-state index in [0.717, 1.165) is 57.6 Å². The zero-order valence-corrected chi connectivity index (χ0v) is 12.7. The van der Waals surface area contributed by atoms with Gasteiger partial charge in [-0.2, -0.15) is 0 Å². The Kier molecular flexibility index (Phi) is 4.46. The Bertz CT molecular complexity index is 355. The van der Waals surface area contributed by atoms with Crippen LogP contribution in [0, 0.1) is 5.92 Å². The minimum Gasteiger partial charge on any atom is -0.375 e. The predicted octanol–water partition coefficient (Wildman–Crippen LogP) is 1.24. The van der Waals surface area contributed by atoms with E-state index < -0.39 is 0 Å². The molecule has 1 saturated carbocycles. The molecule has 0 spiro atoms. The molecule has 114 valence electrons. The lowest BCUT2D eigenvalue weighted by Crippen LogP contribution is -2.53. The molecule has 4 unspecified atom stereocenters. The van der Waals surface area contributed by atoms with Crippen LogP contribution in [0.15, 0.2) is 4.99 Å². The third kappa shape index (κ3) is 3.26. The van der Waals surface area contributed by atoms with Gasteiger partial charge in [0.05, 0.1) is 12.7 Å². The van der Waals surface area contributed by atoms with Crippen molar-refractivity contribution >= 4 is 5.96 Å². The maximum Gasteiger partial charge on any atom is 0.194 e. The molecular formula is C15H27N3O2. The molecule has 3 rings (SSSR count). The number of hydrogen-bond donors (Lipinski definition) is 1. The summed E-state index contributed by atoms with van der Waals surface area (Å²) in [6.45, 7) is 8.69. The van der Waals surface area contributed by atoms with E-state index in [1.54, 1.807) is 0 Å². The van der Waals surface area contributed by atoms with Crippen molar-refractivity contribution in [3.8, 4) is 0 Å². The average Bonchev–Trinajstić information content (AvgIpc) is 2.96. The standard InChI is InChI=1S/C15H27N3O2/c1-3-16-15(17-12-9-11(12)2)18-6-8-20-14(10-18)13-5-4-7-19-13/h11-14H,3-10H2,1-2H3,(H,16,17). The highest BCUT2D eigenvalue weighted by atomic mass is 16.5. The van der Waals surface area contributed by atoms with Crippen molar-refractivity contribution in [1.29, 1.82) is 0 Å². The lowest BCUT2D eigenvalue weighted by atomic mass is 10.1. The fraction of sp³-hybridized carbons (Fsp3) is 0.933. The van der Waals surface area contributed by atoms with Gasteiger partial charge in [0.2, 0.25) is 0 Å². The van der Waals surface area contributed by atoms with Gasteiger partial charge in [-0.15, -0.1) is 0 Å². The zero-order valence-electron chi connectivity index (χ0n) is 12.7. The highest BCUT2D eigenvalue weighted by Crippen LogP contribution is 2.29. The predicted molar refractivity (Wildman–Crippen MR) is 79.0 cm³/mol. The van der Waals surface area contributed by atoms with Crippen LogP contribution < -0.4 is 5.32 Å². The van der Waals surface area contributed by atoms with Crippen LogP contribution >= 0.6 is 0 Å². The van der Waals surface area contributed by atoms with Crippen molar-refractivity contribution in [2.45, 2.75) is 51.4 Å². The smallest absolute Gasteiger partial charge is 0.194 e. The maximum absolute atomic E-state index is 5.91. The van der Waals surface area contributed by atoms with Crippen molar-refractivity contribution < 1.29 is 9.47 Å². The van der Waals surface area contributed by atoms with E-state index in [1.807, 2.05) is 0 Å². The van der Waals surface area contributed by atoms with Gasteiger partial charge in [-0.25, -0.2) is 0 Å². The van der Waals surface area contributed by atoms with Gasteiger partial charge < -0.3 is 19.7 Å². The largest absolute Gasteiger partial charge is 0.375 e. The summed E-state index contributed by atoms with van der Waals surface area (Å²) in [6.07, 6.45) is 4.04. The van der Waals surface area contributed by atoms with Crippen LogP contribution in [0.1, 0.15) is 33.1 Å². The molecule has 2 saturated heterocycles. The lowest BCUT2D eigenvalue weighted by Gasteiger charge is -2.37. The minimum atomic E-state index is 0.201. The topological polar surface area (TPSA) is 46.1 Å². The van der Waals surface area contributed by atoms with Crippen LogP contribution in [0.5, 0.6) is 0 Å². The Hall–Kier alpha value is -0.810. The zero-order chi connectivity index (χ0) is 13.9. The van der Waals surface area contributed by atoms with Gasteiger partial charge in [-0.1, -0.05) is 6.92 Å². The summed E-state index contributed by atoms with van der Waals surface area (Å²) in [6, 6.07) is 0.615. The molecule has 3 aliphatic rings. The molecule has 0 aromatic rings. The van der Waals surface area contributed by atoms with E-state index in [9.17, 15) is 0 Å². The second-order valence-electron chi connectivity index (χ2n) is 6.17. The summed E-state index contributed by atoms with van der Waals surface area (Å²) in [7, 11) is 0. The molecule has 0 radical (unpaired) electrons. The molecule has 0 aromatic heterocycles. The van der Waals surface area contributed by atoms with E-state index in [2.05, 4.69) is 29.1 Å². The second-order valence-corrected chi connectivity index (χ2v) is 6.17. The van der Waals surface area contributed by atoms with Gasteiger partial charge in [0.1, 0.15) is 6.10 Å². The van der Waals surface area contributed by atoms with E-state index in [1.165, 1.54) is 6.42 Å². The van der Waals surface area contributed by atoms with E-state index >= 15 is 0 Å². The first-order chi connectivity index (χ1) is 9.78. The van der Waals surface area contributed by atoms with Gasteiger partial charge in [0.15, 0.2) is 5.96 Å². The number of rotatable bonds is 3. The average molecular weight is 281 g/mol. The summed E-state index contributed by atoms with van der Waals surface area (Å²) in [4.78, 5) is 7.01. The monoisotopic (exact) mass is 281 g/mol. The van der Waals surface area contributed by atoms with Gasteiger partial charge in [-0.3, -0.25) is 4.99 Å². The van der Waals surface area contributed by atoms with Crippen LogP contribution in [0.25, 0.3) is 0 Å². The Balaban J connectivity index is 1.59. The molecule has 2 aliphatic heterocycles. The molecule has 1 aliphatic carbocycles. The third-order valence-electron chi connectivity index (χ3n) is 4.50. The summed E-state index contributed by atoms with van der Waals surface area (Å²) < 4.78 is 11.7. The number of aliphatic imine (C=N–C) groups is 1. The Labute approximate surface area is 121 Å². The van der Waals surface area contributed by atoms with Crippen molar-refractivity contribution in [3.63, 3.8) is 0 Å². The first-order valence-corrected chi connectivity index (χ1v) is 8.07. The molecule has 3 fully saturated rings. The fourth-order valence-corrected chi connectivity index (χ4v) is 3.06. The van der Waals surface area contributed by atoms with Crippen LogP contribution in [-0.4, -0.2) is 62.0 Å². The number of hydrogen-bond acceptors (Lipinski definition) is 3. The first-order valence-electron chi connectivity index (χ1n) is 8.07. The summed E-state index contributed by atoms with van der Waals surface area (Å²) >= 11 is 0. The Morgan fingerprint density at radius 3 is 2.75 bits per heavy atom. The van der Waals surface area contributed by atoms with E-state index in [0.29, 0.717) is 6.04 Å². The number of nitrogens with one attached hydrogen (secondary N) is 1. The van der Waals surface area contributed by atoms with Gasteiger partial charge in [0, 0.05) is 32.3 Å². The molecule has 2 heterocycles. The quantitative estimate of drug-likeness (QED) is 0.624. The molecule has 1 N–H and O–H groups in total. The van der Waals surface area contributed by atoms with Gasteiger partial charge >= 0.3 is 0 Å². The van der Waals surface area contributed by atoms with Crippen LogP contribution in [0.3, 0.4) is 0 Å². The molecule has 0 aromatic carbocycles. The summed E-state index contributed by atoms with van der Waals surface area (Å²) in [5.74, 6) is 1.85. The summed E-state index contributed by atoms with van der Waals surface area (Å²) in [5.41, 5.74) is 0. The maximum atomic E-state index is 5.91. The molecule has 0 bridgehead atoms. The molecule has 0 amide bonds. The number of nitrogens with zero attached hydrogens (tertiary/aromatic N) is 2.